The van der Waals surface area contributed by atoms with Crippen LogP contribution in [-0.4, -0.2) is 181 Å². The van der Waals surface area contributed by atoms with Crippen molar-refractivity contribution in [3.8, 4) is 11.5 Å². The van der Waals surface area contributed by atoms with Gasteiger partial charge in [0.1, 0.15) is 24.1 Å². The first-order valence-electron chi connectivity index (χ1n) is 28.0. The van der Waals surface area contributed by atoms with Crippen LogP contribution < -0.4 is 14.8 Å². The van der Waals surface area contributed by atoms with Gasteiger partial charge >= 0.3 is 12.1 Å². The molecule has 0 saturated carbocycles. The van der Waals surface area contributed by atoms with E-state index < -0.39 is 114 Å². The minimum Gasteiger partial charge on any atom is -0.493 e. The fraction of sp³-hybridized carbons (Fsp3) is 0.741. The number of halogens is 2. The first kappa shape index (κ1) is 65.2. The Bertz CT molecular complexity index is 2440. The molecular formula is C58H88Cl2N4O16. The van der Waals surface area contributed by atoms with Gasteiger partial charge in [0.15, 0.2) is 29.7 Å². The number of nitrogens with zero attached hydrogens (tertiary/aromatic N) is 3. The summed E-state index contributed by atoms with van der Waals surface area (Å²) in [5.74, 6) is -3.99. The molecule has 80 heavy (non-hydrogen) atoms. The highest BCUT2D eigenvalue weighted by Crippen LogP contribution is 2.45. The standard InChI is InChI=1S/C58H88Cl2N4O16/c1-17-43-58(12)49(64(55(70)80-58)21-18-22-74-42-24-37(19-20-41(42)71-14)52(68)62-45-38(59)27-61-28-39(45)60)33(6)46(65)31(4)25-57(11,73-16)51(79-54-47(66)40(23-32(5)75-54)63(13)29-30(2)3)34(7)48(35(8)53(69)77-43)78-44-26-56(10,72-15)50(67)36(9)76-44/h19-20,24,27-28,30-36,40,43-44,47-51,54,66-67H,17-18,21-23,25-26,29H2,1-16H3,(H,61,62,68)/t31-,32-,33+,34+,35-,36+,40+,43-,44+,47-,48+,49-,50+,51-,54+,56-,57-,58-/m1/s1. The number of fused-ring (bicyclic) bond motifs is 1. The number of aromatic nitrogens is 1. The number of ether oxygens (including phenoxy) is 10. The first-order chi connectivity index (χ1) is 37.6. The van der Waals surface area contributed by atoms with Crippen molar-refractivity contribution in [2.24, 2.45) is 29.6 Å². The molecule has 5 heterocycles. The molecule has 0 spiro atoms. The molecule has 0 radical (unpaired) electrons. The summed E-state index contributed by atoms with van der Waals surface area (Å²) < 4.78 is 63.9. The number of likely N-dealkylation sites (N-methyl/N-ethyl adjacent to an activating group) is 1. The SMILES string of the molecule is CC[C@H]1OC(=O)[C@H](C)[C@@H](O[C@H]2C[C@@](C)(OC)[C@@H](O)[C@H](C)O2)[C@H](C)[C@@H](O[C@@H]2O[C@H](C)C[C@H](N(C)CC(C)C)[C@H]2O)[C@](C)(OC)C[C@@H](C)C(=O)[C@H](C)[C@H]2N(CCCOc3cc(C(=O)Nc4c(Cl)cncc4Cl)ccc3OC)C(=O)O[C@]12C. The van der Waals surface area contributed by atoms with Crippen molar-refractivity contribution in [1.29, 1.82) is 0 Å². The average molecular weight is 1170 g/mol. The third kappa shape index (κ3) is 14.2. The Hall–Kier alpha value is -3.93. The Morgan fingerprint density at radius 3 is 2.20 bits per heavy atom. The second-order valence-electron chi connectivity index (χ2n) is 23.5. The van der Waals surface area contributed by atoms with Crippen LogP contribution in [0, 0.1) is 29.6 Å². The number of benzene rings is 1. The number of ketones is 1. The number of Topliss-reactive ketones (excluding diaryl/α,β-unsaturated/α-hetero) is 1. The second kappa shape index (κ2) is 27.2. The highest BCUT2D eigenvalue weighted by Gasteiger charge is 2.61. The third-order valence-corrected chi connectivity index (χ3v) is 17.6. The number of esters is 1. The molecular weight excluding hydrogens is 1080 g/mol. The number of aliphatic hydroxyl groups excluding tert-OH is 2. The molecule has 6 rings (SSSR count). The summed E-state index contributed by atoms with van der Waals surface area (Å²) in [6, 6.07) is 3.37. The van der Waals surface area contributed by atoms with Crippen LogP contribution in [0.1, 0.15) is 126 Å². The summed E-state index contributed by atoms with van der Waals surface area (Å²) in [7, 11) is 6.48. The van der Waals surface area contributed by atoms with E-state index >= 15 is 9.59 Å². The van der Waals surface area contributed by atoms with Crippen molar-refractivity contribution in [3.05, 3.63) is 46.2 Å². The van der Waals surface area contributed by atoms with Gasteiger partial charge in [0.25, 0.3) is 5.91 Å². The van der Waals surface area contributed by atoms with E-state index in [1.807, 2.05) is 41.7 Å². The van der Waals surface area contributed by atoms with Gasteiger partial charge < -0.3 is 72.7 Å². The van der Waals surface area contributed by atoms with Gasteiger partial charge in [-0.1, -0.05) is 64.7 Å². The number of carbonyl (C=O) groups excluding carboxylic acids is 4. The quantitative estimate of drug-likeness (QED) is 0.0940. The van der Waals surface area contributed by atoms with Gasteiger partial charge in [-0.05, 0) is 98.4 Å². The summed E-state index contributed by atoms with van der Waals surface area (Å²) in [5.41, 5.74) is -3.56. The van der Waals surface area contributed by atoms with Gasteiger partial charge in [-0.25, -0.2) is 4.79 Å². The van der Waals surface area contributed by atoms with Gasteiger partial charge in [-0.3, -0.25) is 19.4 Å². The van der Waals surface area contributed by atoms with Gasteiger partial charge in [0.05, 0.1) is 77.0 Å². The van der Waals surface area contributed by atoms with E-state index in [1.165, 1.54) is 44.7 Å². The monoisotopic (exact) mass is 1170 g/mol. The Morgan fingerprint density at radius 2 is 1.59 bits per heavy atom. The van der Waals surface area contributed by atoms with Gasteiger partial charge in [0, 0.05) is 75.5 Å². The number of cyclic esters (lactones) is 1. The Kier molecular flexibility index (Phi) is 22.2. The summed E-state index contributed by atoms with van der Waals surface area (Å²) in [6.45, 7) is 22.9. The number of nitrogens with one attached hydrogen (secondary N) is 1. The first-order valence-corrected chi connectivity index (χ1v) is 28.8. The summed E-state index contributed by atoms with van der Waals surface area (Å²) in [6.07, 6.45) is -5.35. The molecule has 0 unspecified atom stereocenters. The van der Waals surface area contributed by atoms with Crippen LogP contribution >= 0.6 is 23.2 Å². The van der Waals surface area contributed by atoms with E-state index in [0.29, 0.717) is 24.6 Å². The average Bonchev–Trinajstić information content (AvgIpc) is 3.81. The van der Waals surface area contributed by atoms with Crippen LogP contribution in [0.15, 0.2) is 30.6 Å². The zero-order valence-corrected chi connectivity index (χ0v) is 51.0. The van der Waals surface area contributed by atoms with Crippen molar-refractivity contribution < 1.29 is 76.8 Å². The molecule has 4 fully saturated rings. The van der Waals surface area contributed by atoms with Crippen LogP contribution in [0.3, 0.4) is 0 Å². The van der Waals surface area contributed by atoms with E-state index in [2.05, 4.69) is 29.0 Å². The molecule has 0 aliphatic carbocycles. The van der Waals surface area contributed by atoms with Crippen molar-refractivity contribution in [2.45, 2.75) is 199 Å². The molecule has 2 aromatic rings. The molecule has 4 aliphatic heterocycles. The number of hydrogen-bond donors (Lipinski definition) is 3. The zero-order valence-electron chi connectivity index (χ0n) is 49.5. The summed E-state index contributed by atoms with van der Waals surface area (Å²) in [5, 5.41) is 26.4. The number of rotatable bonds is 18. The van der Waals surface area contributed by atoms with E-state index in [1.54, 1.807) is 46.8 Å². The molecule has 20 nitrogen and oxygen atoms in total. The van der Waals surface area contributed by atoms with Crippen molar-refractivity contribution in [2.75, 3.05) is 53.4 Å². The predicted molar refractivity (Wildman–Crippen MR) is 299 cm³/mol. The van der Waals surface area contributed by atoms with E-state index in [0.717, 1.165) is 0 Å². The second-order valence-corrected chi connectivity index (χ2v) is 24.3. The minimum atomic E-state index is -1.55. The fourth-order valence-corrected chi connectivity index (χ4v) is 13.0. The topological polar surface area (TPSA) is 232 Å². The number of hydrogen-bond acceptors (Lipinski definition) is 18. The van der Waals surface area contributed by atoms with E-state index in [-0.39, 0.29) is 83.8 Å². The molecule has 3 N–H and O–H groups in total. The van der Waals surface area contributed by atoms with E-state index in [4.69, 9.17) is 70.6 Å². The molecule has 2 amide bonds. The Morgan fingerprint density at radius 1 is 0.925 bits per heavy atom. The third-order valence-electron chi connectivity index (χ3n) is 17.0. The highest BCUT2D eigenvalue weighted by molar-refractivity contribution is 6.39. The number of anilines is 1. The minimum absolute atomic E-state index is 0.0329. The lowest BCUT2D eigenvalue weighted by molar-refractivity contribution is -0.319. The smallest absolute Gasteiger partial charge is 0.410 e. The van der Waals surface area contributed by atoms with Crippen LogP contribution in [0.5, 0.6) is 11.5 Å². The molecule has 0 bridgehead atoms. The number of methoxy groups -OCH3 is 3. The van der Waals surface area contributed by atoms with Crippen molar-refractivity contribution in [3.63, 3.8) is 0 Å². The van der Waals surface area contributed by atoms with Crippen LogP contribution in [-0.2, 0) is 47.5 Å². The van der Waals surface area contributed by atoms with Crippen LogP contribution in [0.2, 0.25) is 10.0 Å². The predicted octanol–water partition coefficient (Wildman–Crippen LogP) is 8.37. The number of pyridine rings is 1. The maximum atomic E-state index is 15.3. The highest BCUT2D eigenvalue weighted by atomic mass is 35.5. The number of amides is 2. The number of aliphatic hydroxyl groups is 2. The lowest BCUT2D eigenvalue weighted by Crippen LogP contribution is -2.62. The largest absolute Gasteiger partial charge is 0.493 e. The van der Waals surface area contributed by atoms with Gasteiger partial charge in [-0.15, -0.1) is 0 Å². The maximum Gasteiger partial charge on any atom is 0.410 e. The van der Waals surface area contributed by atoms with Crippen LogP contribution in [0.25, 0.3) is 0 Å². The van der Waals surface area contributed by atoms with Gasteiger partial charge in [-0.2, -0.15) is 0 Å². The van der Waals surface area contributed by atoms with Gasteiger partial charge in [0.2, 0.25) is 0 Å². The number of carbonyl (C=O) groups is 4. The van der Waals surface area contributed by atoms with Crippen LogP contribution in [0.4, 0.5) is 10.5 Å². The molecule has 1 aromatic heterocycles. The Balaban J connectivity index is 1.35. The fourth-order valence-electron chi connectivity index (χ4n) is 12.6. The molecule has 4 saturated heterocycles. The summed E-state index contributed by atoms with van der Waals surface area (Å²) >= 11 is 12.5. The Labute approximate surface area is 482 Å². The molecule has 1 aromatic carbocycles. The van der Waals surface area contributed by atoms with E-state index in [9.17, 15) is 19.8 Å². The lowest BCUT2D eigenvalue weighted by atomic mass is 9.73. The molecule has 4 aliphatic rings. The summed E-state index contributed by atoms with van der Waals surface area (Å²) in [4.78, 5) is 65.8. The zero-order chi connectivity index (χ0) is 59.3. The van der Waals surface area contributed by atoms with Crippen molar-refractivity contribution in [1.82, 2.24) is 14.8 Å². The maximum absolute atomic E-state index is 15.3. The molecule has 450 valence electrons. The lowest BCUT2D eigenvalue weighted by Gasteiger charge is -2.50. The van der Waals surface area contributed by atoms with Crippen molar-refractivity contribution >= 4 is 52.6 Å². The normalized spacial score (nSPS) is 36.5. The molecule has 22 heteroatoms. The molecule has 18 atom stereocenters.